The summed E-state index contributed by atoms with van der Waals surface area (Å²) < 4.78 is 43.1. The van der Waals surface area contributed by atoms with Crippen LogP contribution >= 0.6 is 0 Å². The van der Waals surface area contributed by atoms with E-state index in [0.717, 1.165) is 11.0 Å². The van der Waals surface area contributed by atoms with Gasteiger partial charge in [-0.1, -0.05) is 0 Å². The van der Waals surface area contributed by atoms with E-state index >= 15 is 0 Å². The Labute approximate surface area is 194 Å². The van der Waals surface area contributed by atoms with Crippen molar-refractivity contribution < 1.29 is 18.0 Å². The van der Waals surface area contributed by atoms with Gasteiger partial charge in [0.05, 0.1) is 40.9 Å². The van der Waals surface area contributed by atoms with Crippen LogP contribution in [-0.2, 0) is 12.6 Å². The van der Waals surface area contributed by atoms with E-state index in [-0.39, 0.29) is 28.1 Å². The molecule has 0 amide bonds. The van der Waals surface area contributed by atoms with Gasteiger partial charge in [0.2, 0.25) is 0 Å². The van der Waals surface area contributed by atoms with Crippen molar-refractivity contribution in [2.75, 3.05) is 0 Å². The van der Waals surface area contributed by atoms with Gasteiger partial charge in [-0.2, -0.15) is 33.7 Å². The summed E-state index contributed by atoms with van der Waals surface area (Å²) >= 11 is 0. The number of pyridine rings is 3. The fraction of sp³-hybridized carbons (Fsp3) is 0.0909. The molecule has 0 aromatic carbocycles. The number of ketones is 1. The molecule has 0 saturated carbocycles. The highest BCUT2D eigenvalue weighted by atomic mass is 19.4. The number of carbonyl (C=O) groups is 1. The van der Waals surface area contributed by atoms with E-state index in [2.05, 4.69) is 30.2 Å². The maximum atomic E-state index is 14.1. The zero-order valence-corrected chi connectivity index (χ0v) is 17.5. The normalized spacial score (nSPS) is 11.5. The minimum absolute atomic E-state index is 0.0338. The Kier molecular flexibility index (Phi) is 5.25. The molecule has 5 rings (SSSR count). The van der Waals surface area contributed by atoms with Gasteiger partial charge in [0.25, 0.3) is 0 Å². The summed E-state index contributed by atoms with van der Waals surface area (Å²) in [7, 11) is 0. The van der Waals surface area contributed by atoms with Crippen molar-refractivity contribution in [3.63, 3.8) is 0 Å². The summed E-state index contributed by atoms with van der Waals surface area (Å²) in [4.78, 5) is 26.4. The fourth-order valence-electron chi connectivity index (χ4n) is 3.59. The standard InChI is InChI=1S/C22H12F3N9O/c23-22(24,25)20-15(12-32-33(20)17-3-5-27-16-2-1-4-28-19(16)17)18(35)9-13-8-14(10-26)21(29-11-13)34-30-6-7-31-34/h1-8,11-12H,9H2. The Morgan fingerprint density at radius 3 is 2.54 bits per heavy atom. The lowest BCUT2D eigenvalue weighted by Gasteiger charge is -2.13. The van der Waals surface area contributed by atoms with Crippen molar-refractivity contribution >= 4 is 16.8 Å². The molecule has 0 saturated heterocycles. The number of aromatic nitrogens is 8. The monoisotopic (exact) mass is 475 g/mol. The largest absolute Gasteiger partial charge is 0.434 e. The van der Waals surface area contributed by atoms with Gasteiger partial charge in [-0.3, -0.25) is 14.8 Å². The molecule has 5 aromatic heterocycles. The molecule has 0 unspecified atom stereocenters. The van der Waals surface area contributed by atoms with Gasteiger partial charge in [0.15, 0.2) is 17.3 Å². The first-order valence-corrected chi connectivity index (χ1v) is 10.0. The van der Waals surface area contributed by atoms with Crippen LogP contribution in [0.4, 0.5) is 13.2 Å². The first-order valence-electron chi connectivity index (χ1n) is 10.0. The van der Waals surface area contributed by atoms with Crippen LogP contribution in [0.25, 0.3) is 22.5 Å². The number of nitrogens with zero attached hydrogens (tertiary/aromatic N) is 9. The van der Waals surface area contributed by atoms with Gasteiger partial charge in [0, 0.05) is 25.0 Å². The predicted molar refractivity (Wildman–Crippen MR) is 114 cm³/mol. The molecule has 172 valence electrons. The lowest BCUT2D eigenvalue weighted by Crippen LogP contribution is -2.18. The zero-order chi connectivity index (χ0) is 24.6. The molecule has 5 heterocycles. The highest BCUT2D eigenvalue weighted by molar-refractivity contribution is 5.99. The number of halogens is 3. The zero-order valence-electron chi connectivity index (χ0n) is 17.5. The molecule has 0 fully saturated rings. The van der Waals surface area contributed by atoms with E-state index in [4.69, 9.17) is 0 Å². The Morgan fingerprint density at radius 2 is 1.80 bits per heavy atom. The molecular weight excluding hydrogens is 463 g/mol. The van der Waals surface area contributed by atoms with Gasteiger partial charge in [-0.05, 0) is 29.8 Å². The molecule has 0 aliphatic carbocycles. The second kappa shape index (κ2) is 8.41. The molecule has 0 bridgehead atoms. The molecule has 35 heavy (non-hydrogen) atoms. The van der Waals surface area contributed by atoms with Crippen molar-refractivity contribution in [1.82, 2.24) is 39.7 Å². The minimum atomic E-state index is -4.89. The first kappa shape index (κ1) is 21.8. The second-order valence-corrected chi connectivity index (χ2v) is 7.26. The van der Waals surface area contributed by atoms with Crippen LogP contribution in [0, 0.1) is 11.3 Å². The van der Waals surface area contributed by atoms with Crippen molar-refractivity contribution in [2.24, 2.45) is 0 Å². The highest BCUT2D eigenvalue weighted by Gasteiger charge is 2.40. The molecule has 5 aromatic rings. The van der Waals surface area contributed by atoms with Gasteiger partial charge in [-0.15, -0.1) is 4.80 Å². The Balaban J connectivity index is 1.54. The number of hydrogen-bond acceptors (Lipinski definition) is 8. The SMILES string of the molecule is N#Cc1cc(CC(=O)c2cnn(-c3ccnc4cccnc34)c2C(F)(F)F)cnc1-n1nccn1. The van der Waals surface area contributed by atoms with E-state index in [1.54, 1.807) is 12.1 Å². The molecule has 0 radical (unpaired) electrons. The predicted octanol–water partition coefficient (Wildman–Crippen LogP) is 3.11. The molecule has 0 aliphatic heterocycles. The van der Waals surface area contributed by atoms with Crippen LogP contribution in [0.5, 0.6) is 0 Å². The molecule has 0 N–H and O–H groups in total. The molecule has 0 atom stereocenters. The van der Waals surface area contributed by atoms with E-state index in [1.807, 2.05) is 6.07 Å². The summed E-state index contributed by atoms with van der Waals surface area (Å²) in [5.41, 5.74) is -0.920. The highest BCUT2D eigenvalue weighted by Crippen LogP contribution is 2.35. The van der Waals surface area contributed by atoms with Crippen LogP contribution in [0.3, 0.4) is 0 Å². The average molecular weight is 475 g/mol. The summed E-state index contributed by atoms with van der Waals surface area (Å²) in [6.45, 7) is 0. The Bertz CT molecular complexity index is 1600. The lowest BCUT2D eigenvalue weighted by atomic mass is 10.0. The number of alkyl halides is 3. The number of fused-ring (bicyclic) bond motifs is 1. The maximum absolute atomic E-state index is 14.1. The Morgan fingerprint density at radius 1 is 1.00 bits per heavy atom. The fourth-order valence-corrected chi connectivity index (χ4v) is 3.59. The third-order valence-corrected chi connectivity index (χ3v) is 5.06. The third kappa shape index (κ3) is 3.97. The smallest absolute Gasteiger partial charge is 0.294 e. The lowest BCUT2D eigenvalue weighted by molar-refractivity contribution is -0.143. The molecule has 0 aliphatic rings. The van der Waals surface area contributed by atoms with Crippen molar-refractivity contribution in [3.8, 4) is 17.6 Å². The molecular formula is C22H12F3N9O. The number of Topliss-reactive ketones (excluding diaryl/α,β-unsaturated/α-hetero) is 1. The summed E-state index contributed by atoms with van der Waals surface area (Å²) in [5.74, 6) is -0.708. The summed E-state index contributed by atoms with van der Waals surface area (Å²) in [5, 5.41) is 21.1. The first-order chi connectivity index (χ1) is 16.9. The number of nitriles is 1. The third-order valence-electron chi connectivity index (χ3n) is 5.06. The van der Waals surface area contributed by atoms with E-state index in [1.165, 1.54) is 43.1 Å². The van der Waals surface area contributed by atoms with Gasteiger partial charge < -0.3 is 0 Å². The Hall–Kier alpha value is -4.99. The second-order valence-electron chi connectivity index (χ2n) is 7.26. The van der Waals surface area contributed by atoms with Crippen LogP contribution in [0.1, 0.15) is 27.2 Å². The van der Waals surface area contributed by atoms with Crippen molar-refractivity contribution in [3.05, 3.63) is 83.8 Å². The van der Waals surface area contributed by atoms with Crippen LogP contribution in [0.2, 0.25) is 0 Å². The summed E-state index contributed by atoms with van der Waals surface area (Å²) in [6.07, 6.45) is 2.41. The molecule has 13 heteroatoms. The van der Waals surface area contributed by atoms with E-state index < -0.39 is 29.6 Å². The summed E-state index contributed by atoms with van der Waals surface area (Å²) in [6, 6.07) is 7.86. The number of carbonyl (C=O) groups excluding carboxylic acids is 1. The number of rotatable bonds is 5. The van der Waals surface area contributed by atoms with Crippen LogP contribution in [-0.4, -0.2) is 45.5 Å². The van der Waals surface area contributed by atoms with E-state index in [0.29, 0.717) is 10.2 Å². The van der Waals surface area contributed by atoms with Crippen molar-refractivity contribution in [1.29, 1.82) is 5.26 Å². The van der Waals surface area contributed by atoms with Crippen LogP contribution < -0.4 is 0 Å². The molecule has 0 spiro atoms. The topological polar surface area (TPSA) is 128 Å². The van der Waals surface area contributed by atoms with Gasteiger partial charge in [-0.25, -0.2) is 9.67 Å². The maximum Gasteiger partial charge on any atom is 0.434 e. The average Bonchev–Trinajstić information content (AvgIpc) is 3.54. The van der Waals surface area contributed by atoms with Gasteiger partial charge >= 0.3 is 6.18 Å². The van der Waals surface area contributed by atoms with Crippen molar-refractivity contribution in [2.45, 2.75) is 12.6 Å². The quantitative estimate of drug-likeness (QED) is 0.355. The number of hydrogen-bond donors (Lipinski definition) is 0. The van der Waals surface area contributed by atoms with E-state index in [9.17, 15) is 23.2 Å². The minimum Gasteiger partial charge on any atom is -0.294 e. The van der Waals surface area contributed by atoms with Crippen LogP contribution in [0.15, 0.2) is 61.4 Å². The molecule has 10 nitrogen and oxygen atoms in total. The van der Waals surface area contributed by atoms with Gasteiger partial charge in [0.1, 0.15) is 11.6 Å².